The minimum absolute atomic E-state index is 0.437. The summed E-state index contributed by atoms with van der Waals surface area (Å²) in [6, 6.07) is 0. The van der Waals surface area contributed by atoms with Gasteiger partial charge in [0.25, 0.3) is 0 Å². The van der Waals surface area contributed by atoms with Gasteiger partial charge in [-0.1, -0.05) is 45.6 Å². The number of nitrogens with zero attached hydrogens (tertiary/aromatic N) is 1. The summed E-state index contributed by atoms with van der Waals surface area (Å²) in [6.45, 7) is 6.42. The molecule has 0 bridgehead atoms. The highest BCUT2D eigenvalue weighted by Gasteiger charge is 2.04. The van der Waals surface area contributed by atoms with Gasteiger partial charge in [0.15, 0.2) is 0 Å². The molecule has 0 unspecified atom stereocenters. The molecule has 14 heavy (non-hydrogen) atoms. The summed E-state index contributed by atoms with van der Waals surface area (Å²) in [5.74, 6) is 0. The van der Waals surface area contributed by atoms with Crippen molar-refractivity contribution < 1.29 is 4.79 Å². The van der Waals surface area contributed by atoms with Gasteiger partial charge < -0.3 is 4.90 Å². The number of hydrogen-bond donors (Lipinski definition) is 0. The van der Waals surface area contributed by atoms with Crippen LogP contribution in [0, 0.1) is 0 Å². The van der Waals surface area contributed by atoms with Gasteiger partial charge in [-0.15, -0.1) is 0 Å². The first-order valence-corrected chi connectivity index (χ1v) is 5.68. The Labute approximate surface area is 91.9 Å². The molecular formula is C11H20ClNO. The minimum atomic E-state index is -0.437. The molecule has 0 rings (SSSR count). The lowest BCUT2D eigenvalue weighted by atomic mass is 10.1. The fraction of sp³-hybridized carbons (Fsp3) is 0.727. The topological polar surface area (TPSA) is 20.3 Å². The van der Waals surface area contributed by atoms with Crippen LogP contribution in [0.2, 0.25) is 0 Å². The van der Waals surface area contributed by atoms with E-state index in [0.717, 1.165) is 12.8 Å². The molecule has 0 radical (unpaired) electrons. The van der Waals surface area contributed by atoms with Crippen molar-refractivity contribution in [3.63, 3.8) is 0 Å². The predicted octanol–water partition coefficient (Wildman–Crippen LogP) is 4.15. The number of rotatable bonds is 8. The molecule has 0 fully saturated rings. The fourth-order valence-corrected chi connectivity index (χ4v) is 1.47. The zero-order valence-corrected chi connectivity index (χ0v) is 9.72. The van der Waals surface area contributed by atoms with E-state index in [4.69, 9.17) is 11.6 Å². The van der Waals surface area contributed by atoms with E-state index in [1.54, 1.807) is 0 Å². The van der Waals surface area contributed by atoms with E-state index >= 15 is 0 Å². The third kappa shape index (κ3) is 6.96. The van der Waals surface area contributed by atoms with Crippen LogP contribution in [-0.4, -0.2) is 16.8 Å². The maximum atomic E-state index is 10.8. The number of halogens is 1. The standard InChI is InChI=1S/C11H20ClNO/c1-3-5-6-7-8-9-10-13(4-2)11(12)14/h4H,2-3,5-10H2,1H3. The minimum Gasteiger partial charge on any atom is -0.306 e. The SMILES string of the molecule is C=CN(CCCCCCCC)C(=O)Cl. The van der Waals surface area contributed by atoms with Crippen molar-refractivity contribution in [2.24, 2.45) is 0 Å². The normalized spacial score (nSPS) is 9.86. The third-order valence-corrected chi connectivity index (χ3v) is 2.42. The Kier molecular flexibility index (Phi) is 8.75. The molecule has 0 N–H and O–H groups in total. The van der Waals surface area contributed by atoms with Crippen LogP contribution in [0.4, 0.5) is 4.79 Å². The first-order valence-electron chi connectivity index (χ1n) is 5.31. The molecule has 0 aromatic carbocycles. The van der Waals surface area contributed by atoms with E-state index in [2.05, 4.69) is 13.5 Å². The number of hydrogen-bond acceptors (Lipinski definition) is 1. The van der Waals surface area contributed by atoms with Crippen molar-refractivity contribution in [1.29, 1.82) is 0 Å². The molecule has 0 heterocycles. The summed E-state index contributed by atoms with van der Waals surface area (Å²) in [6.07, 6.45) is 8.76. The Morgan fingerprint density at radius 2 is 1.86 bits per heavy atom. The van der Waals surface area contributed by atoms with E-state index in [1.165, 1.54) is 36.8 Å². The Bertz CT molecular complexity index is 171. The Morgan fingerprint density at radius 1 is 1.29 bits per heavy atom. The van der Waals surface area contributed by atoms with Crippen LogP contribution < -0.4 is 0 Å². The van der Waals surface area contributed by atoms with Gasteiger partial charge >= 0.3 is 5.37 Å². The summed E-state index contributed by atoms with van der Waals surface area (Å²) < 4.78 is 0. The van der Waals surface area contributed by atoms with Crippen LogP contribution in [0.5, 0.6) is 0 Å². The van der Waals surface area contributed by atoms with Crippen molar-refractivity contribution in [2.75, 3.05) is 6.54 Å². The van der Waals surface area contributed by atoms with Gasteiger partial charge in [-0.3, -0.25) is 4.79 Å². The smallest absolute Gasteiger partial charge is 0.306 e. The Balaban J connectivity index is 3.33. The lowest BCUT2D eigenvalue weighted by Gasteiger charge is -2.13. The first kappa shape index (κ1) is 13.5. The van der Waals surface area contributed by atoms with E-state index in [-0.39, 0.29) is 0 Å². The monoisotopic (exact) mass is 217 g/mol. The van der Waals surface area contributed by atoms with Gasteiger partial charge in [0.05, 0.1) is 0 Å². The maximum absolute atomic E-state index is 10.8. The summed E-state index contributed by atoms with van der Waals surface area (Å²) in [7, 11) is 0. The van der Waals surface area contributed by atoms with Crippen LogP contribution in [0.3, 0.4) is 0 Å². The molecule has 0 aromatic rings. The van der Waals surface area contributed by atoms with Gasteiger partial charge in [0, 0.05) is 12.7 Å². The summed E-state index contributed by atoms with van der Waals surface area (Å²) in [5, 5.41) is -0.437. The second kappa shape index (κ2) is 9.07. The van der Waals surface area contributed by atoms with Crippen LogP contribution in [0.25, 0.3) is 0 Å². The molecule has 0 saturated carbocycles. The van der Waals surface area contributed by atoms with Gasteiger partial charge in [0.2, 0.25) is 0 Å². The lowest BCUT2D eigenvalue weighted by molar-refractivity contribution is 0.237. The first-order chi connectivity index (χ1) is 6.72. The molecule has 0 aliphatic carbocycles. The molecule has 0 aliphatic rings. The average molecular weight is 218 g/mol. The van der Waals surface area contributed by atoms with Crippen molar-refractivity contribution >= 4 is 17.0 Å². The molecule has 1 amide bonds. The largest absolute Gasteiger partial charge is 0.320 e. The maximum Gasteiger partial charge on any atom is 0.320 e. The molecule has 2 nitrogen and oxygen atoms in total. The molecule has 0 aliphatic heterocycles. The van der Waals surface area contributed by atoms with Crippen LogP contribution in [-0.2, 0) is 0 Å². The highest BCUT2D eigenvalue weighted by atomic mass is 35.5. The van der Waals surface area contributed by atoms with Gasteiger partial charge in [-0.05, 0) is 18.0 Å². The molecule has 0 atom stereocenters. The second-order valence-corrected chi connectivity index (χ2v) is 3.72. The van der Waals surface area contributed by atoms with Crippen molar-refractivity contribution in [2.45, 2.75) is 45.4 Å². The predicted molar refractivity (Wildman–Crippen MR) is 61.5 cm³/mol. The quantitative estimate of drug-likeness (QED) is 0.340. The molecule has 3 heteroatoms. The Hall–Kier alpha value is -0.500. The van der Waals surface area contributed by atoms with E-state index in [1.807, 2.05) is 0 Å². The van der Waals surface area contributed by atoms with Gasteiger partial charge in [-0.25, -0.2) is 0 Å². The third-order valence-electron chi connectivity index (χ3n) is 2.20. The highest BCUT2D eigenvalue weighted by molar-refractivity contribution is 6.62. The van der Waals surface area contributed by atoms with Crippen LogP contribution in [0.1, 0.15) is 45.4 Å². The summed E-state index contributed by atoms with van der Waals surface area (Å²) in [5.41, 5.74) is 0. The molecule has 0 aromatic heterocycles. The highest BCUT2D eigenvalue weighted by Crippen LogP contribution is 2.07. The number of amides is 1. The van der Waals surface area contributed by atoms with Crippen molar-refractivity contribution in [3.05, 3.63) is 12.8 Å². The van der Waals surface area contributed by atoms with Crippen molar-refractivity contribution in [1.82, 2.24) is 4.90 Å². The summed E-state index contributed by atoms with van der Waals surface area (Å²) >= 11 is 5.32. The van der Waals surface area contributed by atoms with Gasteiger partial charge in [0.1, 0.15) is 0 Å². The van der Waals surface area contributed by atoms with E-state index < -0.39 is 5.37 Å². The second-order valence-electron chi connectivity index (χ2n) is 3.40. The zero-order valence-electron chi connectivity index (χ0n) is 8.97. The van der Waals surface area contributed by atoms with E-state index in [0.29, 0.717) is 6.54 Å². The average Bonchev–Trinajstić information content (AvgIpc) is 2.16. The molecule has 0 saturated heterocycles. The number of carbonyl (C=O) groups is 1. The Morgan fingerprint density at radius 3 is 2.36 bits per heavy atom. The van der Waals surface area contributed by atoms with Crippen molar-refractivity contribution in [3.8, 4) is 0 Å². The fourth-order valence-electron chi connectivity index (χ4n) is 1.31. The summed E-state index contributed by atoms with van der Waals surface area (Å²) in [4.78, 5) is 12.2. The lowest BCUT2D eigenvalue weighted by Crippen LogP contribution is -2.20. The van der Waals surface area contributed by atoms with Gasteiger partial charge in [-0.2, -0.15) is 0 Å². The number of carbonyl (C=O) groups excluding carboxylic acids is 1. The van der Waals surface area contributed by atoms with Crippen LogP contribution >= 0.6 is 11.6 Å². The zero-order chi connectivity index (χ0) is 10.8. The molecular weight excluding hydrogens is 198 g/mol. The molecule has 0 spiro atoms. The number of unbranched alkanes of at least 4 members (excludes halogenated alkanes) is 5. The van der Waals surface area contributed by atoms with Crippen LogP contribution in [0.15, 0.2) is 12.8 Å². The van der Waals surface area contributed by atoms with E-state index in [9.17, 15) is 4.79 Å². The molecule has 82 valence electrons.